The third-order valence-electron chi connectivity index (χ3n) is 3.05. The van der Waals surface area contributed by atoms with E-state index in [-0.39, 0.29) is 24.1 Å². The maximum absolute atomic E-state index is 11.3. The van der Waals surface area contributed by atoms with E-state index in [1.165, 1.54) is 0 Å². The molecule has 0 aromatic carbocycles. The van der Waals surface area contributed by atoms with Crippen LogP contribution in [0.1, 0.15) is 5.69 Å². The van der Waals surface area contributed by atoms with Crippen LogP contribution in [-0.2, 0) is 6.54 Å². The van der Waals surface area contributed by atoms with Gasteiger partial charge in [0.1, 0.15) is 5.02 Å². The van der Waals surface area contributed by atoms with E-state index in [4.69, 9.17) is 16.7 Å². The maximum atomic E-state index is 11.3. The van der Waals surface area contributed by atoms with Gasteiger partial charge in [0, 0.05) is 32.2 Å². The highest BCUT2D eigenvalue weighted by Gasteiger charge is 2.31. The molecule has 1 fully saturated rings. The van der Waals surface area contributed by atoms with Crippen LogP contribution < -0.4 is 11.2 Å². The van der Waals surface area contributed by atoms with Crippen LogP contribution in [0.5, 0.6) is 0 Å². The largest absolute Gasteiger partial charge is 0.396 e. The van der Waals surface area contributed by atoms with Gasteiger partial charge in [-0.15, -0.1) is 0 Å². The van der Waals surface area contributed by atoms with Crippen molar-refractivity contribution in [2.24, 2.45) is 5.92 Å². The van der Waals surface area contributed by atoms with E-state index in [1.54, 1.807) is 0 Å². The molecule has 2 heterocycles. The fourth-order valence-electron chi connectivity index (χ4n) is 2.10. The van der Waals surface area contributed by atoms with Gasteiger partial charge in [-0.05, 0) is 0 Å². The van der Waals surface area contributed by atoms with Gasteiger partial charge in [0.15, 0.2) is 0 Å². The molecule has 8 heteroatoms. The minimum atomic E-state index is -0.631. The quantitative estimate of drug-likeness (QED) is 0.537. The van der Waals surface area contributed by atoms with Gasteiger partial charge in [0.2, 0.25) is 0 Å². The zero-order chi connectivity index (χ0) is 13.3. The lowest BCUT2D eigenvalue weighted by molar-refractivity contribution is 0.103. The molecule has 2 unspecified atom stereocenters. The summed E-state index contributed by atoms with van der Waals surface area (Å²) < 4.78 is 0. The van der Waals surface area contributed by atoms with E-state index in [0.29, 0.717) is 18.8 Å². The third kappa shape index (κ3) is 2.64. The maximum Gasteiger partial charge on any atom is 0.326 e. The zero-order valence-corrected chi connectivity index (χ0v) is 10.3. The van der Waals surface area contributed by atoms with Crippen LogP contribution >= 0.6 is 11.6 Å². The number of aromatic nitrogens is 2. The Morgan fingerprint density at radius 1 is 1.33 bits per heavy atom. The second-order valence-corrected chi connectivity index (χ2v) is 4.78. The third-order valence-corrected chi connectivity index (χ3v) is 3.45. The van der Waals surface area contributed by atoms with Crippen molar-refractivity contribution >= 4 is 11.6 Å². The van der Waals surface area contributed by atoms with E-state index in [1.807, 2.05) is 9.88 Å². The van der Waals surface area contributed by atoms with Crippen LogP contribution in [-0.4, -0.2) is 50.9 Å². The van der Waals surface area contributed by atoms with Crippen LogP contribution in [0.4, 0.5) is 0 Å². The zero-order valence-electron chi connectivity index (χ0n) is 9.52. The highest BCUT2D eigenvalue weighted by Crippen LogP contribution is 2.19. The summed E-state index contributed by atoms with van der Waals surface area (Å²) in [4.78, 5) is 28.8. The number of β-amino-alcohol motifs (C(OH)–C–C–N with tert-alkyl or cyclic N) is 1. The Hall–Kier alpha value is -1.15. The SMILES string of the molecule is O=c1[nH]c(CN2CC(O)C(CO)C2)c(Cl)c(=O)[nH]1. The van der Waals surface area contributed by atoms with Gasteiger partial charge in [0.25, 0.3) is 5.56 Å². The van der Waals surface area contributed by atoms with Gasteiger partial charge in [-0.1, -0.05) is 11.6 Å². The minimum absolute atomic E-state index is 0.0588. The number of nitrogens with one attached hydrogen (secondary N) is 2. The molecule has 18 heavy (non-hydrogen) atoms. The van der Waals surface area contributed by atoms with Gasteiger partial charge >= 0.3 is 5.69 Å². The van der Waals surface area contributed by atoms with Crippen molar-refractivity contribution in [1.29, 1.82) is 0 Å². The molecule has 2 atom stereocenters. The second kappa shape index (κ2) is 5.23. The average Bonchev–Trinajstić information content (AvgIpc) is 2.65. The second-order valence-electron chi connectivity index (χ2n) is 4.40. The molecule has 1 aliphatic heterocycles. The molecule has 2 rings (SSSR count). The first-order valence-corrected chi connectivity index (χ1v) is 5.91. The Kier molecular flexibility index (Phi) is 3.86. The van der Waals surface area contributed by atoms with Crippen molar-refractivity contribution in [3.05, 3.63) is 31.6 Å². The van der Waals surface area contributed by atoms with E-state index in [0.717, 1.165) is 0 Å². The standard InChI is InChI=1S/C10H14ClN3O4/c11-8-6(12-10(18)13-9(8)17)2-14-1-5(4-15)7(16)3-14/h5,7,15-16H,1-4H2,(H2,12,13,17,18). The molecule has 0 spiro atoms. The summed E-state index contributed by atoms with van der Waals surface area (Å²) >= 11 is 5.80. The molecule has 1 aromatic heterocycles. The molecule has 1 saturated heterocycles. The summed E-state index contributed by atoms with van der Waals surface area (Å²) in [6.45, 7) is 1.02. The Morgan fingerprint density at radius 3 is 2.67 bits per heavy atom. The molecular formula is C10H14ClN3O4. The Balaban J connectivity index is 2.16. The monoisotopic (exact) mass is 275 g/mol. The Morgan fingerprint density at radius 2 is 2.06 bits per heavy atom. The van der Waals surface area contributed by atoms with Gasteiger partial charge in [-0.2, -0.15) is 0 Å². The highest BCUT2D eigenvalue weighted by molar-refractivity contribution is 6.30. The Bertz CT molecular complexity index is 541. The van der Waals surface area contributed by atoms with Crippen molar-refractivity contribution < 1.29 is 10.2 Å². The molecular weight excluding hydrogens is 262 g/mol. The summed E-state index contributed by atoms with van der Waals surface area (Å²) in [5, 5.41) is 18.6. The molecule has 0 amide bonds. The molecule has 7 nitrogen and oxygen atoms in total. The number of hydrogen-bond acceptors (Lipinski definition) is 5. The Labute approximate surface area is 107 Å². The van der Waals surface area contributed by atoms with Crippen LogP contribution in [0.2, 0.25) is 5.02 Å². The highest BCUT2D eigenvalue weighted by atomic mass is 35.5. The van der Waals surface area contributed by atoms with Gasteiger partial charge in [-0.3, -0.25) is 14.7 Å². The number of rotatable bonds is 3. The fraction of sp³-hybridized carbons (Fsp3) is 0.600. The van der Waals surface area contributed by atoms with Gasteiger partial charge in [-0.25, -0.2) is 4.79 Å². The molecule has 0 saturated carbocycles. The van der Waals surface area contributed by atoms with Crippen molar-refractivity contribution in [3.8, 4) is 0 Å². The number of halogens is 1. The smallest absolute Gasteiger partial charge is 0.326 e. The lowest BCUT2D eigenvalue weighted by Crippen LogP contribution is -2.29. The number of aliphatic hydroxyl groups is 2. The molecule has 1 aliphatic rings. The molecule has 100 valence electrons. The van der Waals surface area contributed by atoms with Crippen molar-refractivity contribution in [1.82, 2.24) is 14.9 Å². The van der Waals surface area contributed by atoms with Crippen LogP contribution in [0.3, 0.4) is 0 Å². The van der Waals surface area contributed by atoms with E-state index < -0.39 is 17.4 Å². The normalized spacial score (nSPS) is 24.6. The average molecular weight is 276 g/mol. The first kappa shape index (κ1) is 13.3. The van der Waals surface area contributed by atoms with E-state index >= 15 is 0 Å². The molecule has 0 bridgehead atoms. The predicted octanol–water partition coefficient (Wildman–Crippen LogP) is -1.50. The number of aromatic amines is 2. The summed E-state index contributed by atoms with van der Waals surface area (Å²) in [5.41, 5.74) is -0.928. The lowest BCUT2D eigenvalue weighted by atomic mass is 10.1. The van der Waals surface area contributed by atoms with Gasteiger partial charge in [0.05, 0.1) is 11.8 Å². The van der Waals surface area contributed by atoms with Crippen molar-refractivity contribution in [3.63, 3.8) is 0 Å². The van der Waals surface area contributed by atoms with Crippen LogP contribution in [0.25, 0.3) is 0 Å². The van der Waals surface area contributed by atoms with E-state index in [9.17, 15) is 14.7 Å². The first-order valence-electron chi connectivity index (χ1n) is 5.53. The summed E-state index contributed by atoms with van der Waals surface area (Å²) in [6.07, 6.45) is -0.609. The lowest BCUT2D eigenvalue weighted by Gasteiger charge is -2.15. The number of likely N-dealkylation sites (tertiary alicyclic amines) is 1. The number of hydrogen-bond donors (Lipinski definition) is 4. The van der Waals surface area contributed by atoms with Crippen LogP contribution in [0.15, 0.2) is 9.59 Å². The van der Waals surface area contributed by atoms with Crippen molar-refractivity contribution in [2.45, 2.75) is 12.6 Å². The fourth-order valence-corrected chi connectivity index (χ4v) is 2.25. The molecule has 0 radical (unpaired) electrons. The topological polar surface area (TPSA) is 109 Å². The number of nitrogens with zero attached hydrogens (tertiary/aromatic N) is 1. The van der Waals surface area contributed by atoms with Crippen LogP contribution in [0, 0.1) is 5.92 Å². The summed E-state index contributed by atoms with van der Waals surface area (Å²) in [6, 6.07) is 0. The minimum Gasteiger partial charge on any atom is -0.396 e. The predicted molar refractivity (Wildman–Crippen MR) is 64.6 cm³/mol. The summed E-state index contributed by atoms with van der Waals surface area (Å²) in [7, 11) is 0. The van der Waals surface area contributed by atoms with Crippen molar-refractivity contribution in [2.75, 3.05) is 19.7 Å². The van der Waals surface area contributed by atoms with E-state index in [2.05, 4.69) is 4.98 Å². The number of aliphatic hydroxyl groups excluding tert-OH is 2. The van der Waals surface area contributed by atoms with Gasteiger partial charge < -0.3 is 15.2 Å². The molecule has 1 aromatic rings. The molecule has 4 N–H and O–H groups in total. The number of H-pyrrole nitrogens is 2. The summed E-state index contributed by atoms with van der Waals surface area (Å²) in [5.74, 6) is -0.211. The first-order chi connectivity index (χ1) is 8.51. The molecule has 0 aliphatic carbocycles.